The molecule has 2 saturated heterocycles. The molecule has 27 heavy (non-hydrogen) atoms. The zero-order valence-electron chi connectivity index (χ0n) is 15.2. The van der Waals surface area contributed by atoms with Crippen molar-refractivity contribution in [3.8, 4) is 0 Å². The lowest BCUT2D eigenvalue weighted by Crippen LogP contribution is -2.67. The standard InChI is InChI=1S/C18H20N4O4S/c1-12-7-15(19-26-12)17(25)20-5-4-18(10-20)11-21(14-3-6-27-9-14)16(24)8-22(18)13(2)23/h3,6-7,9H,4-5,8,10-11H2,1-2H3. The molecule has 9 heteroatoms. The Hall–Kier alpha value is -2.68. The summed E-state index contributed by atoms with van der Waals surface area (Å²) in [5.74, 6) is 0.0988. The third-order valence-corrected chi connectivity index (χ3v) is 5.95. The predicted molar refractivity (Wildman–Crippen MR) is 98.6 cm³/mol. The van der Waals surface area contributed by atoms with Gasteiger partial charge in [0.15, 0.2) is 5.69 Å². The van der Waals surface area contributed by atoms with Crippen LogP contribution < -0.4 is 4.90 Å². The fourth-order valence-corrected chi connectivity index (χ4v) is 4.60. The van der Waals surface area contributed by atoms with Gasteiger partial charge in [0.25, 0.3) is 5.91 Å². The molecule has 2 aromatic rings. The van der Waals surface area contributed by atoms with E-state index in [0.29, 0.717) is 31.8 Å². The van der Waals surface area contributed by atoms with Gasteiger partial charge >= 0.3 is 0 Å². The fourth-order valence-electron chi connectivity index (χ4n) is 3.96. The monoisotopic (exact) mass is 388 g/mol. The molecular weight excluding hydrogens is 368 g/mol. The minimum atomic E-state index is -0.587. The molecule has 142 valence electrons. The Morgan fingerprint density at radius 1 is 1.33 bits per heavy atom. The van der Waals surface area contributed by atoms with Crippen molar-refractivity contribution >= 4 is 34.7 Å². The van der Waals surface area contributed by atoms with Crippen molar-refractivity contribution in [2.45, 2.75) is 25.8 Å². The third kappa shape index (κ3) is 3.01. The van der Waals surface area contributed by atoms with Crippen LogP contribution in [0.15, 0.2) is 27.4 Å². The second-order valence-electron chi connectivity index (χ2n) is 7.09. The first-order valence-corrected chi connectivity index (χ1v) is 9.67. The summed E-state index contributed by atoms with van der Waals surface area (Å²) in [6.07, 6.45) is 0.614. The molecule has 0 radical (unpaired) electrons. The van der Waals surface area contributed by atoms with Gasteiger partial charge in [0.2, 0.25) is 11.8 Å². The van der Waals surface area contributed by atoms with E-state index in [1.165, 1.54) is 18.3 Å². The van der Waals surface area contributed by atoms with Crippen LogP contribution in [0.1, 0.15) is 29.6 Å². The maximum Gasteiger partial charge on any atom is 0.276 e. The summed E-state index contributed by atoms with van der Waals surface area (Å²) in [7, 11) is 0. The van der Waals surface area contributed by atoms with E-state index in [4.69, 9.17) is 4.52 Å². The van der Waals surface area contributed by atoms with Gasteiger partial charge in [-0.1, -0.05) is 5.16 Å². The third-order valence-electron chi connectivity index (χ3n) is 5.28. The molecule has 1 atom stereocenters. The fraction of sp³-hybridized carbons (Fsp3) is 0.444. The van der Waals surface area contributed by atoms with E-state index in [9.17, 15) is 14.4 Å². The molecule has 8 nitrogen and oxygen atoms in total. The number of likely N-dealkylation sites (tertiary alicyclic amines) is 1. The Bertz CT molecular complexity index is 893. The smallest absolute Gasteiger partial charge is 0.276 e. The Labute approximate surface area is 160 Å². The molecule has 3 amide bonds. The first kappa shape index (κ1) is 17.7. The summed E-state index contributed by atoms with van der Waals surface area (Å²) in [4.78, 5) is 42.7. The number of nitrogens with zero attached hydrogens (tertiary/aromatic N) is 4. The number of rotatable bonds is 2. The lowest BCUT2D eigenvalue weighted by atomic mass is 9.92. The predicted octanol–water partition coefficient (Wildman–Crippen LogP) is 1.52. The second kappa shape index (κ2) is 6.49. The van der Waals surface area contributed by atoms with Crippen molar-refractivity contribution in [2.75, 3.05) is 31.1 Å². The van der Waals surface area contributed by atoms with Crippen LogP contribution in [-0.2, 0) is 9.59 Å². The molecule has 2 aliphatic heterocycles. The molecule has 1 spiro atoms. The van der Waals surface area contributed by atoms with E-state index in [1.54, 1.807) is 27.7 Å². The zero-order valence-corrected chi connectivity index (χ0v) is 16.0. The van der Waals surface area contributed by atoms with Crippen LogP contribution in [0.4, 0.5) is 5.69 Å². The molecule has 2 fully saturated rings. The molecule has 0 bridgehead atoms. The first-order chi connectivity index (χ1) is 12.9. The summed E-state index contributed by atoms with van der Waals surface area (Å²) in [5.41, 5.74) is 0.515. The average molecular weight is 388 g/mol. The van der Waals surface area contributed by atoms with E-state index in [2.05, 4.69) is 5.16 Å². The van der Waals surface area contributed by atoms with Crippen LogP contribution in [0.5, 0.6) is 0 Å². The Morgan fingerprint density at radius 3 is 2.78 bits per heavy atom. The Kier molecular flexibility index (Phi) is 4.26. The van der Waals surface area contributed by atoms with Crippen LogP contribution in [-0.4, -0.2) is 64.4 Å². The number of hydrogen-bond donors (Lipinski definition) is 0. The minimum absolute atomic E-state index is 0.0241. The number of carbonyl (C=O) groups is 3. The highest BCUT2D eigenvalue weighted by molar-refractivity contribution is 7.08. The largest absolute Gasteiger partial charge is 0.361 e. The quantitative estimate of drug-likeness (QED) is 0.779. The van der Waals surface area contributed by atoms with Crippen molar-refractivity contribution in [1.29, 1.82) is 0 Å². The molecule has 4 heterocycles. The molecule has 2 aromatic heterocycles. The number of hydrogen-bond acceptors (Lipinski definition) is 6. The van der Waals surface area contributed by atoms with Crippen molar-refractivity contribution < 1.29 is 18.9 Å². The summed E-state index contributed by atoms with van der Waals surface area (Å²) >= 11 is 1.52. The zero-order chi connectivity index (χ0) is 19.2. The highest BCUT2D eigenvalue weighted by Gasteiger charge is 2.51. The van der Waals surface area contributed by atoms with Crippen LogP contribution in [0.2, 0.25) is 0 Å². The van der Waals surface area contributed by atoms with E-state index in [0.717, 1.165) is 5.69 Å². The number of aryl methyl sites for hydroxylation is 1. The first-order valence-electron chi connectivity index (χ1n) is 8.73. The minimum Gasteiger partial charge on any atom is -0.361 e. The van der Waals surface area contributed by atoms with Crippen molar-refractivity contribution in [3.63, 3.8) is 0 Å². The lowest BCUT2D eigenvalue weighted by Gasteiger charge is -2.47. The normalized spacial score (nSPS) is 22.7. The number of anilines is 1. The Morgan fingerprint density at radius 2 is 2.15 bits per heavy atom. The molecule has 4 rings (SSSR count). The maximum atomic E-state index is 12.8. The van der Waals surface area contributed by atoms with Crippen LogP contribution in [0.3, 0.4) is 0 Å². The van der Waals surface area contributed by atoms with Gasteiger partial charge < -0.3 is 19.2 Å². The second-order valence-corrected chi connectivity index (χ2v) is 7.87. The maximum absolute atomic E-state index is 12.8. The van der Waals surface area contributed by atoms with E-state index >= 15 is 0 Å². The van der Waals surface area contributed by atoms with Crippen molar-refractivity contribution in [3.05, 3.63) is 34.3 Å². The highest BCUT2D eigenvalue weighted by atomic mass is 32.1. The van der Waals surface area contributed by atoms with E-state index < -0.39 is 5.54 Å². The number of piperazine rings is 1. The summed E-state index contributed by atoms with van der Waals surface area (Å²) in [5, 5.41) is 7.65. The van der Waals surface area contributed by atoms with Crippen molar-refractivity contribution in [2.24, 2.45) is 0 Å². The summed E-state index contributed by atoms with van der Waals surface area (Å²) < 4.78 is 5.01. The number of thiophene rings is 1. The molecule has 0 aliphatic carbocycles. The van der Waals surface area contributed by atoms with Crippen LogP contribution >= 0.6 is 11.3 Å². The van der Waals surface area contributed by atoms with Gasteiger partial charge in [-0.2, -0.15) is 11.3 Å². The molecule has 0 N–H and O–H groups in total. The lowest BCUT2D eigenvalue weighted by molar-refractivity contribution is -0.142. The SMILES string of the molecule is CC(=O)N1CC(=O)N(c2ccsc2)CC12CCN(C(=O)c1cc(C)on1)C2. The molecule has 0 aromatic carbocycles. The molecular formula is C18H20N4O4S. The van der Waals surface area contributed by atoms with Gasteiger partial charge in [-0.3, -0.25) is 14.4 Å². The Balaban J connectivity index is 1.61. The van der Waals surface area contributed by atoms with Gasteiger partial charge in [-0.15, -0.1) is 0 Å². The summed E-state index contributed by atoms with van der Waals surface area (Å²) in [6, 6.07) is 3.51. The van der Waals surface area contributed by atoms with E-state index in [-0.39, 0.29) is 30.0 Å². The van der Waals surface area contributed by atoms with Crippen molar-refractivity contribution in [1.82, 2.24) is 15.0 Å². The molecule has 1 unspecified atom stereocenters. The van der Waals surface area contributed by atoms with Gasteiger partial charge in [0.05, 0.1) is 17.8 Å². The number of amides is 3. The van der Waals surface area contributed by atoms with Crippen LogP contribution in [0.25, 0.3) is 0 Å². The summed E-state index contributed by atoms with van der Waals surface area (Å²) in [6.45, 7) is 4.48. The molecule has 0 saturated carbocycles. The number of carbonyl (C=O) groups excluding carboxylic acids is 3. The highest BCUT2D eigenvalue weighted by Crippen LogP contribution is 2.35. The van der Waals surface area contributed by atoms with Crippen LogP contribution in [0, 0.1) is 6.92 Å². The topological polar surface area (TPSA) is 87.0 Å². The number of aromatic nitrogens is 1. The average Bonchev–Trinajstić information content (AvgIpc) is 3.37. The van der Waals surface area contributed by atoms with Gasteiger partial charge in [0, 0.05) is 31.5 Å². The molecule has 2 aliphatic rings. The van der Waals surface area contributed by atoms with E-state index in [1.807, 2.05) is 16.8 Å². The van der Waals surface area contributed by atoms with Gasteiger partial charge in [0.1, 0.15) is 12.3 Å². The van der Waals surface area contributed by atoms with Gasteiger partial charge in [-0.05, 0) is 24.8 Å². The van der Waals surface area contributed by atoms with Gasteiger partial charge in [-0.25, -0.2) is 0 Å².